The van der Waals surface area contributed by atoms with Crippen molar-refractivity contribution in [3.63, 3.8) is 0 Å². The highest BCUT2D eigenvalue weighted by Gasteiger charge is 2.20. The summed E-state index contributed by atoms with van der Waals surface area (Å²) in [5.74, 6) is 0.785. The molecule has 1 rings (SSSR count). The molecule has 1 fully saturated rings. The lowest BCUT2D eigenvalue weighted by Gasteiger charge is -2.29. The van der Waals surface area contributed by atoms with Crippen LogP contribution in [-0.4, -0.2) is 55.1 Å². The zero-order chi connectivity index (χ0) is 12.7. The quantitative estimate of drug-likeness (QED) is 0.769. The molecule has 1 unspecified atom stereocenters. The predicted octanol–water partition coefficient (Wildman–Crippen LogP) is 1.78. The van der Waals surface area contributed by atoms with Gasteiger partial charge in [-0.2, -0.15) is 0 Å². The summed E-state index contributed by atoms with van der Waals surface area (Å²) in [5, 5.41) is 0. The van der Waals surface area contributed by atoms with Crippen LogP contribution in [0.5, 0.6) is 0 Å². The summed E-state index contributed by atoms with van der Waals surface area (Å²) < 4.78 is 0. The summed E-state index contributed by atoms with van der Waals surface area (Å²) in [7, 11) is 0. The van der Waals surface area contributed by atoms with E-state index >= 15 is 0 Å². The fourth-order valence-corrected chi connectivity index (χ4v) is 2.89. The summed E-state index contributed by atoms with van der Waals surface area (Å²) in [4.78, 5) is 5.28. The van der Waals surface area contributed by atoms with E-state index in [1.165, 1.54) is 45.6 Å². The molecule has 0 bridgehead atoms. The number of rotatable bonds is 6. The zero-order valence-electron chi connectivity index (χ0n) is 12.0. The van der Waals surface area contributed by atoms with Crippen LogP contribution in [0.15, 0.2) is 0 Å². The lowest BCUT2D eigenvalue weighted by Crippen LogP contribution is -2.39. The highest BCUT2D eigenvalue weighted by molar-refractivity contribution is 4.76. The van der Waals surface area contributed by atoms with E-state index in [-0.39, 0.29) is 0 Å². The maximum atomic E-state index is 5.71. The van der Waals surface area contributed by atoms with Gasteiger partial charge in [0.05, 0.1) is 0 Å². The fourth-order valence-electron chi connectivity index (χ4n) is 2.89. The first kappa shape index (κ1) is 14.9. The second kappa shape index (κ2) is 8.06. The Kier molecular flexibility index (Phi) is 7.09. The normalized spacial score (nSPS) is 21.7. The van der Waals surface area contributed by atoms with Crippen LogP contribution in [-0.2, 0) is 0 Å². The topological polar surface area (TPSA) is 32.5 Å². The number of hydrogen-bond donors (Lipinski definition) is 1. The molecule has 1 aliphatic heterocycles. The van der Waals surface area contributed by atoms with E-state index in [0.717, 1.165) is 18.9 Å². The highest BCUT2D eigenvalue weighted by atomic mass is 15.2. The minimum absolute atomic E-state index is 0.707. The van der Waals surface area contributed by atoms with Crippen LogP contribution in [0.1, 0.15) is 40.0 Å². The molecule has 102 valence electrons. The maximum absolute atomic E-state index is 5.71. The van der Waals surface area contributed by atoms with Crippen molar-refractivity contribution < 1.29 is 0 Å². The molecule has 0 amide bonds. The third-order valence-corrected chi connectivity index (χ3v) is 3.73. The van der Waals surface area contributed by atoms with Crippen molar-refractivity contribution in [2.24, 2.45) is 11.7 Å². The van der Waals surface area contributed by atoms with Crippen molar-refractivity contribution in [2.45, 2.75) is 46.1 Å². The largest absolute Gasteiger partial charge is 0.330 e. The van der Waals surface area contributed by atoms with E-state index in [1.54, 1.807) is 0 Å². The SMILES string of the molecule is CCC(CCN)N1CCCN(CC(C)C)CC1. The predicted molar refractivity (Wildman–Crippen MR) is 75.2 cm³/mol. The van der Waals surface area contributed by atoms with Crippen molar-refractivity contribution >= 4 is 0 Å². The average Bonchev–Trinajstić information content (AvgIpc) is 2.51. The van der Waals surface area contributed by atoms with Gasteiger partial charge in [-0.25, -0.2) is 0 Å². The Labute approximate surface area is 107 Å². The van der Waals surface area contributed by atoms with Crippen LogP contribution in [0, 0.1) is 5.92 Å². The van der Waals surface area contributed by atoms with Crippen molar-refractivity contribution in [3.8, 4) is 0 Å². The molecule has 0 spiro atoms. The Morgan fingerprint density at radius 2 is 1.88 bits per heavy atom. The third kappa shape index (κ3) is 5.36. The van der Waals surface area contributed by atoms with Crippen LogP contribution in [0.25, 0.3) is 0 Å². The molecule has 1 heterocycles. The second-order valence-electron chi connectivity index (χ2n) is 5.72. The van der Waals surface area contributed by atoms with Crippen molar-refractivity contribution in [1.29, 1.82) is 0 Å². The van der Waals surface area contributed by atoms with Gasteiger partial charge in [-0.05, 0) is 44.8 Å². The lowest BCUT2D eigenvalue weighted by molar-refractivity contribution is 0.182. The van der Waals surface area contributed by atoms with Crippen LogP contribution < -0.4 is 5.73 Å². The first-order valence-electron chi connectivity index (χ1n) is 7.33. The summed E-state index contributed by atoms with van der Waals surface area (Å²) in [6.07, 6.45) is 3.70. The smallest absolute Gasteiger partial charge is 0.0112 e. The van der Waals surface area contributed by atoms with Gasteiger partial charge in [0.1, 0.15) is 0 Å². The Morgan fingerprint density at radius 3 is 2.47 bits per heavy atom. The molecule has 1 saturated heterocycles. The van der Waals surface area contributed by atoms with Crippen LogP contribution >= 0.6 is 0 Å². The minimum atomic E-state index is 0.707. The molecule has 0 radical (unpaired) electrons. The molecular formula is C14H31N3. The Bertz CT molecular complexity index is 194. The lowest BCUT2D eigenvalue weighted by atomic mass is 10.1. The molecule has 3 nitrogen and oxygen atoms in total. The van der Waals surface area contributed by atoms with Gasteiger partial charge in [0, 0.05) is 25.7 Å². The minimum Gasteiger partial charge on any atom is -0.330 e. The van der Waals surface area contributed by atoms with Gasteiger partial charge >= 0.3 is 0 Å². The van der Waals surface area contributed by atoms with Crippen molar-refractivity contribution in [2.75, 3.05) is 39.3 Å². The maximum Gasteiger partial charge on any atom is 0.0112 e. The molecule has 1 aliphatic rings. The fraction of sp³-hybridized carbons (Fsp3) is 1.00. The molecule has 1 atom stereocenters. The molecule has 0 aromatic carbocycles. The summed E-state index contributed by atoms with van der Waals surface area (Å²) in [5.41, 5.74) is 5.71. The summed E-state index contributed by atoms with van der Waals surface area (Å²) >= 11 is 0. The van der Waals surface area contributed by atoms with Crippen LogP contribution in [0.2, 0.25) is 0 Å². The van der Waals surface area contributed by atoms with Crippen LogP contribution in [0.3, 0.4) is 0 Å². The number of nitrogens with zero attached hydrogens (tertiary/aromatic N) is 2. The Morgan fingerprint density at radius 1 is 1.12 bits per heavy atom. The summed E-state index contributed by atoms with van der Waals surface area (Å²) in [6, 6.07) is 0.707. The van der Waals surface area contributed by atoms with E-state index in [2.05, 4.69) is 30.6 Å². The van der Waals surface area contributed by atoms with Gasteiger partial charge in [0.2, 0.25) is 0 Å². The molecule has 0 aromatic rings. The van der Waals surface area contributed by atoms with Crippen molar-refractivity contribution in [1.82, 2.24) is 9.80 Å². The molecule has 0 aromatic heterocycles. The van der Waals surface area contributed by atoms with Gasteiger partial charge in [-0.1, -0.05) is 20.8 Å². The molecule has 0 saturated carbocycles. The molecule has 2 N–H and O–H groups in total. The van der Waals surface area contributed by atoms with Gasteiger partial charge in [-0.3, -0.25) is 4.90 Å². The van der Waals surface area contributed by atoms with Crippen LogP contribution in [0.4, 0.5) is 0 Å². The van der Waals surface area contributed by atoms with E-state index in [1.807, 2.05) is 0 Å². The van der Waals surface area contributed by atoms with Crippen molar-refractivity contribution in [3.05, 3.63) is 0 Å². The van der Waals surface area contributed by atoms with E-state index < -0.39 is 0 Å². The van der Waals surface area contributed by atoms with Gasteiger partial charge in [0.25, 0.3) is 0 Å². The standard InChI is InChI=1S/C14H31N3/c1-4-14(6-7-15)17-9-5-8-16(10-11-17)12-13(2)3/h13-14H,4-12,15H2,1-3H3. The molecule has 3 heteroatoms. The third-order valence-electron chi connectivity index (χ3n) is 3.73. The van der Waals surface area contributed by atoms with E-state index in [4.69, 9.17) is 5.73 Å². The monoisotopic (exact) mass is 241 g/mol. The Hall–Kier alpha value is -0.120. The molecule has 0 aliphatic carbocycles. The van der Waals surface area contributed by atoms with E-state index in [9.17, 15) is 0 Å². The zero-order valence-corrected chi connectivity index (χ0v) is 12.0. The number of nitrogens with two attached hydrogens (primary N) is 1. The first-order chi connectivity index (χ1) is 8.17. The van der Waals surface area contributed by atoms with E-state index in [0.29, 0.717) is 6.04 Å². The second-order valence-corrected chi connectivity index (χ2v) is 5.72. The summed E-state index contributed by atoms with van der Waals surface area (Å²) in [6.45, 7) is 14.0. The van der Waals surface area contributed by atoms with Gasteiger partial charge < -0.3 is 10.6 Å². The average molecular weight is 241 g/mol. The van der Waals surface area contributed by atoms with Gasteiger partial charge in [-0.15, -0.1) is 0 Å². The first-order valence-corrected chi connectivity index (χ1v) is 7.33. The molecular weight excluding hydrogens is 210 g/mol. The Balaban J connectivity index is 2.40. The highest BCUT2D eigenvalue weighted by Crippen LogP contribution is 2.13. The van der Waals surface area contributed by atoms with Gasteiger partial charge in [0.15, 0.2) is 0 Å². The molecule has 17 heavy (non-hydrogen) atoms. The number of hydrogen-bond acceptors (Lipinski definition) is 3.